The first-order valence-corrected chi connectivity index (χ1v) is 15.4. The number of aryl methyl sites for hydroxylation is 1. The number of hydrogen-bond donors (Lipinski definition) is 4. The maximum absolute atomic E-state index is 14.1. The van der Waals surface area contributed by atoms with E-state index in [2.05, 4.69) is 15.6 Å². The van der Waals surface area contributed by atoms with Crippen molar-refractivity contribution in [3.8, 4) is 17.2 Å². The quantitative estimate of drug-likeness (QED) is 0.129. The lowest BCUT2D eigenvalue weighted by Gasteiger charge is -2.22. The van der Waals surface area contributed by atoms with E-state index in [-0.39, 0.29) is 24.3 Å². The Bertz CT molecular complexity index is 2230. The molecule has 9 nitrogen and oxygen atoms in total. The Kier molecular flexibility index (Phi) is 8.96. The molecule has 6 rings (SSSR count). The number of pyridine rings is 1. The molecule has 0 aliphatic carbocycles. The molecule has 252 valence electrons. The van der Waals surface area contributed by atoms with E-state index < -0.39 is 29.2 Å². The summed E-state index contributed by atoms with van der Waals surface area (Å²) in [6, 6.07) is 23.2. The van der Waals surface area contributed by atoms with Gasteiger partial charge in [0, 0.05) is 35.6 Å². The fourth-order valence-electron chi connectivity index (χ4n) is 6.21. The second-order valence-corrected chi connectivity index (χ2v) is 11.5. The number of amides is 2. The van der Waals surface area contributed by atoms with Crippen LogP contribution < -0.4 is 25.7 Å². The summed E-state index contributed by atoms with van der Waals surface area (Å²) in [6.45, 7) is 0.138. The smallest absolute Gasteiger partial charge is 0.416 e. The zero-order valence-electron chi connectivity index (χ0n) is 26.8. The van der Waals surface area contributed by atoms with Gasteiger partial charge in [0.1, 0.15) is 17.2 Å². The first kappa shape index (κ1) is 33.0. The standard InChI is InChI=1S/C37H33F3N4O5/c1-44-29-10-6-4-8-25(29)34(45)32(35(44)46)31(21-12-14-22(15-13-21)37(38,39)40)33-24(26-20-23(48-2)16-17-27(26)42-33)18-19-41-36(47)43-28-9-5-7-11-30(28)49-3/h4-17,20,31,42,45H,18-19H2,1-3H3,(H2,41,43,47). The summed E-state index contributed by atoms with van der Waals surface area (Å²) < 4.78 is 53.1. The number of carbonyl (C=O) groups excluding carboxylic acids is 1. The number of fused-ring (bicyclic) bond motifs is 2. The van der Waals surface area contributed by atoms with Crippen LogP contribution in [0.2, 0.25) is 0 Å². The van der Waals surface area contributed by atoms with Gasteiger partial charge < -0.3 is 34.8 Å². The highest BCUT2D eigenvalue weighted by atomic mass is 19.4. The zero-order valence-corrected chi connectivity index (χ0v) is 26.8. The summed E-state index contributed by atoms with van der Waals surface area (Å²) >= 11 is 0. The Balaban J connectivity index is 1.49. The molecular formula is C37H33F3N4O5. The van der Waals surface area contributed by atoms with E-state index in [1.807, 2.05) is 6.07 Å². The fraction of sp³-hybridized carbons (Fsp3) is 0.189. The average Bonchev–Trinajstić information content (AvgIpc) is 3.45. The van der Waals surface area contributed by atoms with E-state index in [0.717, 1.165) is 17.5 Å². The molecule has 0 spiro atoms. The monoisotopic (exact) mass is 670 g/mol. The Hall–Kier alpha value is -5.91. The van der Waals surface area contributed by atoms with E-state index in [1.165, 1.54) is 30.9 Å². The number of halogens is 3. The Morgan fingerprint density at radius 1 is 0.939 bits per heavy atom. The second-order valence-electron chi connectivity index (χ2n) is 11.5. The molecule has 1 atom stereocenters. The molecule has 1 unspecified atom stereocenters. The molecule has 49 heavy (non-hydrogen) atoms. The van der Waals surface area contributed by atoms with Crippen molar-refractivity contribution >= 4 is 33.5 Å². The molecule has 0 saturated carbocycles. The van der Waals surface area contributed by atoms with Crippen molar-refractivity contribution in [2.75, 3.05) is 26.1 Å². The lowest BCUT2D eigenvalue weighted by Crippen LogP contribution is -2.31. The van der Waals surface area contributed by atoms with Crippen molar-refractivity contribution in [3.05, 3.63) is 129 Å². The largest absolute Gasteiger partial charge is 0.507 e. The van der Waals surface area contributed by atoms with Gasteiger partial charge in [-0.05, 0) is 72.1 Å². The third-order valence-electron chi connectivity index (χ3n) is 8.62. The molecule has 4 N–H and O–H groups in total. The maximum Gasteiger partial charge on any atom is 0.416 e. The van der Waals surface area contributed by atoms with Gasteiger partial charge in [-0.15, -0.1) is 0 Å². The number of aromatic hydroxyl groups is 1. The van der Waals surface area contributed by atoms with Crippen LogP contribution in [-0.2, 0) is 19.6 Å². The highest BCUT2D eigenvalue weighted by molar-refractivity contribution is 5.91. The minimum Gasteiger partial charge on any atom is -0.507 e. The number of aromatic amines is 1. The number of anilines is 1. The van der Waals surface area contributed by atoms with E-state index in [0.29, 0.717) is 50.4 Å². The fourth-order valence-corrected chi connectivity index (χ4v) is 6.21. The van der Waals surface area contributed by atoms with Crippen molar-refractivity contribution in [2.24, 2.45) is 7.05 Å². The summed E-state index contributed by atoms with van der Waals surface area (Å²) in [5.74, 6) is -0.266. The average molecular weight is 671 g/mol. The predicted octanol–water partition coefficient (Wildman–Crippen LogP) is 7.31. The van der Waals surface area contributed by atoms with E-state index in [1.54, 1.807) is 67.7 Å². The molecule has 0 radical (unpaired) electrons. The summed E-state index contributed by atoms with van der Waals surface area (Å²) in [7, 11) is 4.61. The zero-order chi connectivity index (χ0) is 34.9. The lowest BCUT2D eigenvalue weighted by molar-refractivity contribution is -0.137. The van der Waals surface area contributed by atoms with Crippen molar-refractivity contribution in [2.45, 2.75) is 18.5 Å². The maximum atomic E-state index is 14.1. The number of benzene rings is 4. The van der Waals surface area contributed by atoms with Crippen molar-refractivity contribution < 1.29 is 32.5 Å². The van der Waals surface area contributed by atoms with E-state index in [4.69, 9.17) is 9.47 Å². The number of methoxy groups -OCH3 is 2. The number of nitrogens with one attached hydrogen (secondary N) is 3. The van der Waals surface area contributed by atoms with Crippen LogP contribution in [0.3, 0.4) is 0 Å². The predicted molar refractivity (Wildman–Crippen MR) is 182 cm³/mol. The number of hydrogen-bond acceptors (Lipinski definition) is 5. The van der Waals surface area contributed by atoms with E-state index in [9.17, 15) is 27.9 Å². The lowest BCUT2D eigenvalue weighted by atomic mass is 9.84. The molecule has 12 heteroatoms. The summed E-state index contributed by atoms with van der Waals surface area (Å²) in [4.78, 5) is 30.4. The van der Waals surface area contributed by atoms with Crippen LogP contribution in [0.4, 0.5) is 23.7 Å². The van der Waals surface area contributed by atoms with Crippen LogP contribution in [0.1, 0.15) is 33.9 Å². The van der Waals surface area contributed by atoms with Gasteiger partial charge in [-0.3, -0.25) is 4.79 Å². The minimum absolute atomic E-state index is 0.0115. The number of nitrogens with zero attached hydrogens (tertiary/aromatic N) is 1. The third-order valence-corrected chi connectivity index (χ3v) is 8.62. The van der Waals surface area contributed by atoms with Crippen molar-refractivity contribution in [1.29, 1.82) is 0 Å². The topological polar surface area (TPSA) is 118 Å². The molecule has 2 amide bonds. The van der Waals surface area contributed by atoms with Gasteiger partial charge in [0.2, 0.25) is 0 Å². The van der Waals surface area contributed by atoms with Crippen LogP contribution >= 0.6 is 0 Å². The second kappa shape index (κ2) is 13.3. The van der Waals surface area contributed by atoms with Crippen molar-refractivity contribution in [3.63, 3.8) is 0 Å². The van der Waals surface area contributed by atoms with Crippen LogP contribution in [0.25, 0.3) is 21.8 Å². The number of carbonyl (C=O) groups is 1. The van der Waals surface area contributed by atoms with Crippen LogP contribution in [-0.4, -0.2) is 41.5 Å². The highest BCUT2D eigenvalue weighted by Gasteiger charge is 2.33. The Labute approximate surface area is 278 Å². The number of ether oxygens (including phenoxy) is 2. The van der Waals surface area contributed by atoms with Gasteiger partial charge in [0.25, 0.3) is 5.56 Å². The van der Waals surface area contributed by atoms with Crippen molar-refractivity contribution in [1.82, 2.24) is 14.9 Å². The number of para-hydroxylation sites is 3. The van der Waals surface area contributed by atoms with Gasteiger partial charge >= 0.3 is 12.2 Å². The van der Waals surface area contributed by atoms with Gasteiger partial charge in [0.15, 0.2) is 0 Å². The summed E-state index contributed by atoms with van der Waals surface area (Å²) in [5, 5.41) is 18.5. The molecule has 2 aromatic heterocycles. The molecule has 6 aromatic rings. The Morgan fingerprint density at radius 2 is 1.65 bits per heavy atom. The minimum atomic E-state index is -4.58. The number of urea groups is 1. The molecular weight excluding hydrogens is 637 g/mol. The third kappa shape index (κ3) is 6.37. The molecule has 2 heterocycles. The summed E-state index contributed by atoms with van der Waals surface area (Å²) in [6.07, 6.45) is -4.33. The Morgan fingerprint density at radius 3 is 2.37 bits per heavy atom. The number of H-pyrrole nitrogens is 1. The van der Waals surface area contributed by atoms with Gasteiger partial charge in [0.05, 0.1) is 42.5 Å². The van der Waals surface area contributed by atoms with Gasteiger partial charge in [-0.1, -0.05) is 36.4 Å². The molecule has 4 aromatic carbocycles. The first-order valence-electron chi connectivity index (χ1n) is 15.4. The number of rotatable bonds is 9. The molecule has 0 aliphatic heterocycles. The number of aromatic nitrogens is 2. The van der Waals surface area contributed by atoms with E-state index >= 15 is 0 Å². The van der Waals surface area contributed by atoms with Gasteiger partial charge in [-0.25, -0.2) is 4.79 Å². The highest BCUT2D eigenvalue weighted by Crippen LogP contribution is 2.42. The van der Waals surface area contributed by atoms with Gasteiger partial charge in [-0.2, -0.15) is 13.2 Å². The number of alkyl halides is 3. The van der Waals surface area contributed by atoms with Crippen LogP contribution in [0.5, 0.6) is 17.2 Å². The first-order chi connectivity index (χ1) is 23.5. The molecule has 0 saturated heterocycles. The summed E-state index contributed by atoms with van der Waals surface area (Å²) in [5.41, 5.74) is 1.74. The normalized spacial score (nSPS) is 12.2. The van der Waals surface area contributed by atoms with Crippen LogP contribution in [0, 0.1) is 0 Å². The molecule has 0 aliphatic rings. The molecule has 0 bridgehead atoms. The van der Waals surface area contributed by atoms with Crippen LogP contribution in [0.15, 0.2) is 95.8 Å². The SMILES string of the molecule is COc1ccc2[nH]c(C(c3ccc(C(F)(F)F)cc3)c3c(O)c4ccccc4n(C)c3=O)c(CCNC(=O)Nc3ccccc3OC)c2c1. The molecule has 0 fully saturated rings.